The lowest BCUT2D eigenvalue weighted by atomic mass is 9.89. The SMILES string of the molecule is C=C(CC1=CCC=C1C1=Cc2cc(CC)ccc2C1)c1c(C)cccc1C. The molecule has 0 bridgehead atoms. The van der Waals surface area contributed by atoms with Gasteiger partial charge in [0.1, 0.15) is 0 Å². The highest BCUT2D eigenvalue weighted by atomic mass is 14.3. The zero-order valence-corrected chi connectivity index (χ0v) is 16.7. The molecule has 4 rings (SSSR count). The van der Waals surface area contributed by atoms with Crippen LogP contribution in [0.2, 0.25) is 0 Å². The fraction of sp³-hybridized carbons (Fsp3) is 0.259. The van der Waals surface area contributed by atoms with E-state index in [9.17, 15) is 0 Å². The van der Waals surface area contributed by atoms with E-state index in [-0.39, 0.29) is 0 Å². The van der Waals surface area contributed by atoms with E-state index in [1.807, 2.05) is 0 Å². The molecule has 2 aliphatic rings. The summed E-state index contributed by atoms with van der Waals surface area (Å²) in [5, 5.41) is 0. The molecule has 2 aromatic rings. The summed E-state index contributed by atoms with van der Waals surface area (Å²) < 4.78 is 0. The second-order valence-electron chi connectivity index (χ2n) is 7.86. The average Bonchev–Trinajstić information content (AvgIpc) is 3.26. The number of hydrogen-bond acceptors (Lipinski definition) is 0. The van der Waals surface area contributed by atoms with Crippen LogP contribution >= 0.6 is 0 Å². The van der Waals surface area contributed by atoms with Gasteiger partial charge in [0.15, 0.2) is 0 Å². The summed E-state index contributed by atoms with van der Waals surface area (Å²) in [4.78, 5) is 0. The molecule has 0 atom stereocenters. The van der Waals surface area contributed by atoms with Gasteiger partial charge in [-0.05, 0) is 95.2 Å². The molecule has 136 valence electrons. The summed E-state index contributed by atoms with van der Waals surface area (Å²) >= 11 is 0. The molecule has 0 fully saturated rings. The van der Waals surface area contributed by atoms with Gasteiger partial charge in [0, 0.05) is 0 Å². The summed E-state index contributed by atoms with van der Waals surface area (Å²) in [6.45, 7) is 11.0. The Balaban J connectivity index is 1.56. The van der Waals surface area contributed by atoms with Crippen molar-refractivity contribution in [3.63, 3.8) is 0 Å². The van der Waals surface area contributed by atoms with Crippen LogP contribution in [0.25, 0.3) is 11.6 Å². The minimum atomic E-state index is 0.936. The van der Waals surface area contributed by atoms with Crippen molar-refractivity contribution in [2.24, 2.45) is 0 Å². The van der Waals surface area contributed by atoms with Crippen LogP contribution in [0.1, 0.15) is 53.1 Å². The van der Waals surface area contributed by atoms with E-state index in [1.54, 1.807) is 0 Å². The number of rotatable bonds is 5. The van der Waals surface area contributed by atoms with E-state index in [4.69, 9.17) is 0 Å². The lowest BCUT2D eigenvalue weighted by Crippen LogP contribution is -1.97. The van der Waals surface area contributed by atoms with Gasteiger partial charge in [0.05, 0.1) is 0 Å². The molecule has 0 aromatic heterocycles. The molecule has 0 nitrogen and oxygen atoms in total. The Morgan fingerprint density at radius 2 is 1.81 bits per heavy atom. The first-order valence-corrected chi connectivity index (χ1v) is 10.0. The molecular weight excluding hydrogens is 324 g/mol. The predicted octanol–water partition coefficient (Wildman–Crippen LogP) is 7.17. The van der Waals surface area contributed by atoms with Crippen LogP contribution in [0, 0.1) is 13.8 Å². The van der Waals surface area contributed by atoms with Gasteiger partial charge in [-0.1, -0.05) is 68.1 Å². The third-order valence-electron chi connectivity index (χ3n) is 5.95. The Morgan fingerprint density at radius 3 is 2.56 bits per heavy atom. The van der Waals surface area contributed by atoms with Gasteiger partial charge in [-0.25, -0.2) is 0 Å². The quantitative estimate of drug-likeness (QED) is 0.535. The van der Waals surface area contributed by atoms with Crippen molar-refractivity contribution >= 4 is 11.6 Å². The molecule has 0 amide bonds. The standard InChI is InChI=1S/C27H28/c1-5-21-12-13-22-16-25(17-24(22)15-21)26-11-7-10-23(26)14-20(4)27-18(2)8-6-9-19(27)3/h6,8-13,15,17H,4-5,7,14,16H2,1-3H3. The Kier molecular flexibility index (Phi) is 4.74. The summed E-state index contributed by atoms with van der Waals surface area (Å²) in [5.41, 5.74) is 13.9. The largest absolute Gasteiger partial charge is 0.0949 e. The molecule has 0 radical (unpaired) electrons. The first-order chi connectivity index (χ1) is 13.1. The minimum absolute atomic E-state index is 0.936. The molecule has 27 heavy (non-hydrogen) atoms. The predicted molar refractivity (Wildman–Crippen MR) is 118 cm³/mol. The van der Waals surface area contributed by atoms with Crippen molar-refractivity contribution in [3.05, 3.63) is 105 Å². The lowest BCUT2D eigenvalue weighted by molar-refractivity contribution is 1.12. The van der Waals surface area contributed by atoms with Crippen LogP contribution in [0.3, 0.4) is 0 Å². The van der Waals surface area contributed by atoms with Gasteiger partial charge in [0.25, 0.3) is 0 Å². The number of fused-ring (bicyclic) bond motifs is 1. The highest BCUT2D eigenvalue weighted by Crippen LogP contribution is 2.39. The second-order valence-corrected chi connectivity index (χ2v) is 7.86. The van der Waals surface area contributed by atoms with Gasteiger partial charge < -0.3 is 0 Å². The van der Waals surface area contributed by atoms with Crippen molar-refractivity contribution < 1.29 is 0 Å². The summed E-state index contributed by atoms with van der Waals surface area (Å²) in [5.74, 6) is 0. The third kappa shape index (κ3) is 3.37. The first kappa shape index (κ1) is 17.8. The highest BCUT2D eigenvalue weighted by molar-refractivity contribution is 5.76. The van der Waals surface area contributed by atoms with Crippen LogP contribution in [0.5, 0.6) is 0 Å². The van der Waals surface area contributed by atoms with E-state index in [0.29, 0.717) is 0 Å². The number of hydrogen-bond donors (Lipinski definition) is 0. The fourth-order valence-electron chi connectivity index (χ4n) is 4.53. The maximum Gasteiger partial charge on any atom is -0.00137 e. The molecule has 0 heteroatoms. The molecule has 0 N–H and O–H groups in total. The Bertz CT molecular complexity index is 988. The third-order valence-corrected chi connectivity index (χ3v) is 5.95. The maximum absolute atomic E-state index is 4.45. The summed E-state index contributed by atoms with van der Waals surface area (Å²) in [6, 6.07) is 13.5. The molecule has 0 saturated heterocycles. The topological polar surface area (TPSA) is 0 Å². The molecule has 2 aromatic carbocycles. The molecule has 0 unspecified atom stereocenters. The maximum atomic E-state index is 4.45. The molecule has 0 saturated carbocycles. The van der Waals surface area contributed by atoms with Crippen LogP contribution in [0.15, 0.2) is 71.8 Å². The van der Waals surface area contributed by atoms with Gasteiger partial charge in [-0.3, -0.25) is 0 Å². The fourth-order valence-corrected chi connectivity index (χ4v) is 4.53. The summed E-state index contributed by atoms with van der Waals surface area (Å²) in [7, 11) is 0. The minimum Gasteiger partial charge on any atom is -0.0949 e. The van der Waals surface area contributed by atoms with Crippen molar-refractivity contribution in [1.82, 2.24) is 0 Å². The van der Waals surface area contributed by atoms with E-state index in [2.05, 4.69) is 82.0 Å². The van der Waals surface area contributed by atoms with E-state index in [0.717, 1.165) is 25.7 Å². The molecule has 0 heterocycles. The smallest absolute Gasteiger partial charge is 0.00137 e. The van der Waals surface area contributed by atoms with Crippen molar-refractivity contribution in [2.75, 3.05) is 0 Å². The van der Waals surface area contributed by atoms with Crippen LogP contribution in [-0.2, 0) is 12.8 Å². The second kappa shape index (κ2) is 7.19. The Hall–Kier alpha value is -2.60. The monoisotopic (exact) mass is 352 g/mol. The van der Waals surface area contributed by atoms with Crippen molar-refractivity contribution in [3.8, 4) is 0 Å². The van der Waals surface area contributed by atoms with Crippen LogP contribution < -0.4 is 0 Å². The summed E-state index contributed by atoms with van der Waals surface area (Å²) in [6.07, 6.45) is 11.3. The number of benzene rings is 2. The Morgan fingerprint density at radius 1 is 1.04 bits per heavy atom. The zero-order valence-electron chi connectivity index (χ0n) is 16.7. The Labute approximate surface area is 163 Å². The molecule has 2 aliphatic carbocycles. The van der Waals surface area contributed by atoms with E-state index < -0.39 is 0 Å². The van der Waals surface area contributed by atoms with Crippen LogP contribution in [-0.4, -0.2) is 0 Å². The lowest BCUT2D eigenvalue weighted by Gasteiger charge is -2.16. The number of aryl methyl sites for hydroxylation is 3. The first-order valence-electron chi connectivity index (χ1n) is 10.0. The van der Waals surface area contributed by atoms with Gasteiger partial charge >= 0.3 is 0 Å². The highest BCUT2D eigenvalue weighted by Gasteiger charge is 2.21. The molecule has 0 spiro atoms. The van der Waals surface area contributed by atoms with Gasteiger partial charge in [-0.2, -0.15) is 0 Å². The van der Waals surface area contributed by atoms with Gasteiger partial charge in [0.2, 0.25) is 0 Å². The van der Waals surface area contributed by atoms with Crippen molar-refractivity contribution in [1.29, 1.82) is 0 Å². The van der Waals surface area contributed by atoms with Crippen LogP contribution in [0.4, 0.5) is 0 Å². The number of allylic oxidation sites excluding steroid dienone is 6. The molecular formula is C27H28. The van der Waals surface area contributed by atoms with Gasteiger partial charge in [-0.15, -0.1) is 0 Å². The van der Waals surface area contributed by atoms with E-state index >= 15 is 0 Å². The van der Waals surface area contributed by atoms with E-state index in [1.165, 1.54) is 55.7 Å². The van der Waals surface area contributed by atoms with Crippen molar-refractivity contribution in [2.45, 2.75) is 46.5 Å². The zero-order chi connectivity index (χ0) is 19.0. The average molecular weight is 353 g/mol. The normalized spacial score (nSPS) is 15.3. The molecule has 0 aliphatic heterocycles.